The Bertz CT molecular complexity index is 870. The molecule has 33 heavy (non-hydrogen) atoms. The first-order valence-corrected chi connectivity index (χ1v) is 11.8. The molecule has 0 aromatic heterocycles. The summed E-state index contributed by atoms with van der Waals surface area (Å²) in [4.78, 5) is 20.8. The maximum atomic E-state index is 10.5. The zero-order chi connectivity index (χ0) is 25.8. The van der Waals surface area contributed by atoms with Crippen LogP contribution in [0.5, 0.6) is 0 Å². The number of carboxylic acids is 1. The molecule has 0 bridgehead atoms. The van der Waals surface area contributed by atoms with E-state index in [-0.39, 0.29) is 5.03 Å². The lowest BCUT2D eigenvalue weighted by atomic mass is 10.1. The molecule has 0 fully saturated rings. The van der Waals surface area contributed by atoms with Crippen molar-refractivity contribution in [3.63, 3.8) is 0 Å². The highest BCUT2D eigenvalue weighted by molar-refractivity contribution is 8.02. The summed E-state index contributed by atoms with van der Waals surface area (Å²) >= 11 is 18.3. The summed E-state index contributed by atoms with van der Waals surface area (Å²) in [7, 11) is 1.91. The SMILES string of the molecule is C/C=C(\C=C/C(Cl)=C/Cl)C(/N)=C/SC(C)NC.C=CC(=CC/C=C(\C)C=O)/C=C(\Cl)C(=O)O. The van der Waals surface area contributed by atoms with Crippen LogP contribution in [0, 0.1) is 0 Å². The van der Waals surface area contributed by atoms with Gasteiger partial charge in [0.2, 0.25) is 0 Å². The normalized spacial score (nSPS) is 15.1. The van der Waals surface area contributed by atoms with Crippen molar-refractivity contribution in [1.82, 2.24) is 5.32 Å². The monoisotopic (exact) mass is 532 g/mol. The molecule has 0 heterocycles. The molecular formula is C24H31Cl3N2O3S. The van der Waals surface area contributed by atoms with Gasteiger partial charge in [-0.05, 0) is 68.5 Å². The van der Waals surface area contributed by atoms with Crippen molar-refractivity contribution in [2.24, 2.45) is 5.73 Å². The topological polar surface area (TPSA) is 92.4 Å². The van der Waals surface area contributed by atoms with E-state index in [2.05, 4.69) is 18.8 Å². The molecule has 0 spiro atoms. The molecule has 0 aliphatic carbocycles. The highest BCUT2D eigenvalue weighted by atomic mass is 35.5. The fraction of sp³-hybridized carbons (Fsp3) is 0.250. The second kappa shape index (κ2) is 20.6. The van der Waals surface area contributed by atoms with Gasteiger partial charge < -0.3 is 16.2 Å². The fourth-order valence-electron chi connectivity index (χ4n) is 1.71. The maximum absolute atomic E-state index is 10.5. The van der Waals surface area contributed by atoms with Gasteiger partial charge in [-0.15, -0.1) is 11.8 Å². The molecular weight excluding hydrogens is 503 g/mol. The molecule has 0 aromatic carbocycles. The minimum atomic E-state index is -1.19. The minimum absolute atomic E-state index is 0.276. The summed E-state index contributed by atoms with van der Waals surface area (Å²) in [6.45, 7) is 9.21. The van der Waals surface area contributed by atoms with Crippen molar-refractivity contribution in [2.45, 2.75) is 32.6 Å². The number of rotatable bonds is 12. The predicted molar refractivity (Wildman–Crippen MR) is 145 cm³/mol. The van der Waals surface area contributed by atoms with Crippen LogP contribution in [0.1, 0.15) is 27.2 Å². The number of carbonyl (C=O) groups excluding carboxylic acids is 1. The van der Waals surface area contributed by atoms with Crippen molar-refractivity contribution in [3.05, 3.63) is 92.5 Å². The fourth-order valence-corrected chi connectivity index (χ4v) is 2.60. The van der Waals surface area contributed by atoms with E-state index in [1.54, 1.807) is 36.9 Å². The average Bonchev–Trinajstić information content (AvgIpc) is 2.81. The number of nitrogens with two attached hydrogens (primary N) is 1. The zero-order valence-corrected chi connectivity index (χ0v) is 22.2. The molecule has 0 saturated heterocycles. The van der Waals surface area contributed by atoms with Crippen LogP contribution in [-0.2, 0) is 9.59 Å². The first-order chi connectivity index (χ1) is 15.6. The van der Waals surface area contributed by atoms with E-state index in [4.69, 9.17) is 45.6 Å². The number of halogens is 3. The van der Waals surface area contributed by atoms with E-state index in [0.29, 0.717) is 33.7 Å². The van der Waals surface area contributed by atoms with Crippen LogP contribution < -0.4 is 11.1 Å². The summed E-state index contributed by atoms with van der Waals surface area (Å²) in [6.07, 6.45) is 13.0. The third-order valence-corrected chi connectivity index (χ3v) is 5.58. The van der Waals surface area contributed by atoms with Crippen molar-refractivity contribution in [2.75, 3.05) is 7.05 Å². The number of nitrogens with one attached hydrogen (secondary N) is 1. The molecule has 0 rings (SSSR count). The van der Waals surface area contributed by atoms with Gasteiger partial charge >= 0.3 is 5.97 Å². The first-order valence-electron chi connectivity index (χ1n) is 9.70. The van der Waals surface area contributed by atoms with Crippen molar-refractivity contribution in [3.8, 4) is 0 Å². The summed E-state index contributed by atoms with van der Waals surface area (Å²) in [5, 5.41) is 14.1. The van der Waals surface area contributed by atoms with Gasteiger partial charge in [-0.1, -0.05) is 71.8 Å². The van der Waals surface area contributed by atoms with Crippen LogP contribution in [-0.4, -0.2) is 29.8 Å². The van der Waals surface area contributed by atoms with Crippen LogP contribution >= 0.6 is 46.6 Å². The van der Waals surface area contributed by atoms with E-state index >= 15 is 0 Å². The summed E-state index contributed by atoms with van der Waals surface area (Å²) in [5.74, 6) is -1.19. The molecule has 4 N–H and O–H groups in total. The number of thioether (sulfide) groups is 1. The average molecular weight is 534 g/mol. The molecule has 0 aliphatic rings. The molecule has 5 nitrogen and oxygen atoms in total. The Kier molecular flexibility index (Phi) is 20.8. The number of carboxylic acid groups (broad SMARTS) is 1. The second-order valence-corrected chi connectivity index (χ2v) is 8.50. The highest BCUT2D eigenvalue weighted by Gasteiger charge is 2.02. The van der Waals surface area contributed by atoms with Crippen LogP contribution in [0.4, 0.5) is 0 Å². The van der Waals surface area contributed by atoms with Gasteiger partial charge in [0.1, 0.15) is 11.3 Å². The maximum Gasteiger partial charge on any atom is 0.347 e. The highest BCUT2D eigenvalue weighted by Crippen LogP contribution is 2.16. The Morgan fingerprint density at radius 1 is 1.27 bits per heavy atom. The molecule has 0 aliphatic heterocycles. The van der Waals surface area contributed by atoms with Crippen LogP contribution in [0.3, 0.4) is 0 Å². The Hall–Kier alpha value is -1.96. The number of hydrogen-bond donors (Lipinski definition) is 3. The Morgan fingerprint density at radius 2 is 1.91 bits per heavy atom. The van der Waals surface area contributed by atoms with Crippen molar-refractivity contribution >= 4 is 58.8 Å². The third kappa shape index (κ3) is 18.2. The molecule has 1 unspecified atom stereocenters. The molecule has 0 amide bonds. The van der Waals surface area contributed by atoms with Gasteiger partial charge in [0, 0.05) is 11.2 Å². The number of allylic oxidation sites excluding steroid dienone is 10. The van der Waals surface area contributed by atoms with E-state index < -0.39 is 5.97 Å². The van der Waals surface area contributed by atoms with Crippen molar-refractivity contribution in [1.29, 1.82) is 0 Å². The number of carbonyl (C=O) groups is 2. The van der Waals surface area contributed by atoms with E-state index in [1.165, 1.54) is 17.7 Å². The number of hydrogen-bond acceptors (Lipinski definition) is 5. The zero-order valence-electron chi connectivity index (χ0n) is 19.1. The molecule has 1 atom stereocenters. The summed E-state index contributed by atoms with van der Waals surface area (Å²) < 4.78 is 0. The Morgan fingerprint density at radius 3 is 2.36 bits per heavy atom. The quantitative estimate of drug-likeness (QED) is 0.111. The van der Waals surface area contributed by atoms with Gasteiger partial charge in [0.05, 0.1) is 10.4 Å². The molecule has 182 valence electrons. The van der Waals surface area contributed by atoms with Gasteiger partial charge in [0.25, 0.3) is 0 Å². The third-order valence-electron chi connectivity index (χ3n) is 3.69. The molecule has 0 saturated carbocycles. The molecule has 0 radical (unpaired) electrons. The lowest BCUT2D eigenvalue weighted by molar-refractivity contribution is -0.131. The van der Waals surface area contributed by atoms with Gasteiger partial charge in [-0.2, -0.15) is 0 Å². The Balaban J connectivity index is 0. The second-order valence-electron chi connectivity index (χ2n) is 6.22. The van der Waals surface area contributed by atoms with Gasteiger partial charge in [0.15, 0.2) is 0 Å². The van der Waals surface area contributed by atoms with E-state index in [9.17, 15) is 9.59 Å². The van der Waals surface area contributed by atoms with Gasteiger partial charge in [-0.3, -0.25) is 4.79 Å². The summed E-state index contributed by atoms with van der Waals surface area (Å²) in [6, 6.07) is 0. The summed E-state index contributed by atoms with van der Waals surface area (Å²) in [5.41, 5.74) is 10.1. The van der Waals surface area contributed by atoms with Crippen LogP contribution in [0.15, 0.2) is 92.5 Å². The molecule has 9 heteroatoms. The van der Waals surface area contributed by atoms with Crippen LogP contribution in [0.2, 0.25) is 0 Å². The first kappa shape index (κ1) is 33.2. The van der Waals surface area contributed by atoms with Gasteiger partial charge in [-0.25, -0.2) is 4.79 Å². The largest absolute Gasteiger partial charge is 0.477 e. The van der Waals surface area contributed by atoms with E-state index in [1.807, 2.05) is 31.5 Å². The van der Waals surface area contributed by atoms with Crippen LogP contribution in [0.25, 0.3) is 0 Å². The molecule has 0 aromatic rings. The smallest absolute Gasteiger partial charge is 0.347 e. The number of aldehydes is 1. The predicted octanol–water partition coefficient (Wildman–Crippen LogP) is 6.75. The minimum Gasteiger partial charge on any atom is -0.477 e. The number of aliphatic carboxylic acids is 1. The van der Waals surface area contributed by atoms with Crippen molar-refractivity contribution < 1.29 is 14.7 Å². The lowest BCUT2D eigenvalue weighted by Gasteiger charge is -2.07. The lowest BCUT2D eigenvalue weighted by Crippen LogP contribution is -2.16. The van der Waals surface area contributed by atoms with E-state index in [0.717, 1.165) is 11.9 Å². The Labute approximate surface area is 216 Å². The standard InChI is InChI=1S/C12H18Cl2N2S.C12H13ClO3/c1-4-10(5-6-11(14)7-13)12(15)8-17-9(2)16-3;1-3-10(7-11(13)12(15)16)6-4-5-9(2)8-14/h4-9,16H,15H2,1-3H3;3,5-8H,1,4H2,2H3,(H,15,16)/b6-5-,10-4+,11-7-,12-8-;9-5+,10-6?,11-7-.